The van der Waals surface area contributed by atoms with E-state index in [9.17, 15) is 0 Å². The highest BCUT2D eigenvalue weighted by atomic mass is 15.2. The molecule has 3 rings (SSSR count). The lowest BCUT2D eigenvalue weighted by Crippen LogP contribution is -2.48. The SMILES string of the molecule is CCN1CCC(CN2CCNC(c3ccccc3)C2)CC1. The molecule has 3 heteroatoms. The van der Waals surface area contributed by atoms with Crippen LogP contribution in [0.25, 0.3) is 0 Å². The summed E-state index contributed by atoms with van der Waals surface area (Å²) in [5.74, 6) is 0.905. The van der Waals surface area contributed by atoms with Crippen LogP contribution < -0.4 is 5.32 Å². The van der Waals surface area contributed by atoms with Gasteiger partial charge in [0, 0.05) is 32.2 Å². The highest BCUT2D eigenvalue weighted by molar-refractivity contribution is 5.19. The minimum absolute atomic E-state index is 0.510. The van der Waals surface area contributed by atoms with Gasteiger partial charge in [-0.15, -0.1) is 0 Å². The third-order valence-electron chi connectivity index (χ3n) is 5.13. The number of piperidine rings is 1. The van der Waals surface area contributed by atoms with Crippen LogP contribution in [-0.2, 0) is 0 Å². The lowest BCUT2D eigenvalue weighted by molar-refractivity contribution is 0.126. The quantitative estimate of drug-likeness (QED) is 0.917. The van der Waals surface area contributed by atoms with Crippen LogP contribution in [0.3, 0.4) is 0 Å². The number of nitrogens with one attached hydrogen (secondary N) is 1. The van der Waals surface area contributed by atoms with Crippen LogP contribution in [0.4, 0.5) is 0 Å². The van der Waals surface area contributed by atoms with E-state index in [4.69, 9.17) is 0 Å². The molecule has 2 aliphatic heterocycles. The zero-order chi connectivity index (χ0) is 14.5. The molecule has 0 spiro atoms. The monoisotopic (exact) mass is 287 g/mol. The van der Waals surface area contributed by atoms with Crippen molar-refractivity contribution in [2.24, 2.45) is 5.92 Å². The number of likely N-dealkylation sites (tertiary alicyclic amines) is 1. The van der Waals surface area contributed by atoms with Crippen molar-refractivity contribution >= 4 is 0 Å². The van der Waals surface area contributed by atoms with Crippen molar-refractivity contribution in [3.63, 3.8) is 0 Å². The van der Waals surface area contributed by atoms with Crippen molar-refractivity contribution < 1.29 is 0 Å². The second kappa shape index (κ2) is 7.39. The molecule has 0 bridgehead atoms. The van der Waals surface area contributed by atoms with Gasteiger partial charge in [-0.1, -0.05) is 37.3 Å². The summed E-state index contributed by atoms with van der Waals surface area (Å²) in [7, 11) is 0. The first-order valence-electron chi connectivity index (χ1n) is 8.58. The Balaban J connectivity index is 1.50. The number of hydrogen-bond donors (Lipinski definition) is 1. The third kappa shape index (κ3) is 4.06. The van der Waals surface area contributed by atoms with Crippen molar-refractivity contribution in [3.05, 3.63) is 35.9 Å². The van der Waals surface area contributed by atoms with Crippen molar-refractivity contribution in [1.82, 2.24) is 15.1 Å². The second-order valence-corrected chi connectivity index (χ2v) is 6.55. The molecule has 2 heterocycles. The molecule has 21 heavy (non-hydrogen) atoms. The first kappa shape index (κ1) is 15.0. The summed E-state index contributed by atoms with van der Waals surface area (Å²) in [6.45, 7) is 10.9. The Morgan fingerprint density at radius 3 is 2.52 bits per heavy atom. The third-order valence-corrected chi connectivity index (χ3v) is 5.13. The fourth-order valence-corrected chi connectivity index (χ4v) is 3.74. The van der Waals surface area contributed by atoms with E-state index in [1.807, 2.05) is 0 Å². The number of nitrogens with zero attached hydrogens (tertiary/aromatic N) is 2. The highest BCUT2D eigenvalue weighted by Crippen LogP contribution is 2.22. The number of rotatable bonds is 4. The molecular weight excluding hydrogens is 258 g/mol. The predicted molar refractivity (Wildman–Crippen MR) is 88.5 cm³/mol. The molecule has 0 saturated carbocycles. The van der Waals surface area contributed by atoms with E-state index in [0.29, 0.717) is 6.04 Å². The Hall–Kier alpha value is -0.900. The largest absolute Gasteiger partial charge is 0.308 e. The minimum atomic E-state index is 0.510. The Kier molecular flexibility index (Phi) is 5.28. The molecule has 3 nitrogen and oxygen atoms in total. The Morgan fingerprint density at radius 1 is 1.05 bits per heavy atom. The Morgan fingerprint density at radius 2 is 1.81 bits per heavy atom. The summed E-state index contributed by atoms with van der Waals surface area (Å²) in [4.78, 5) is 5.27. The molecule has 2 fully saturated rings. The molecule has 0 aliphatic carbocycles. The van der Waals surface area contributed by atoms with Gasteiger partial charge in [-0.25, -0.2) is 0 Å². The zero-order valence-electron chi connectivity index (χ0n) is 13.3. The summed E-state index contributed by atoms with van der Waals surface area (Å²) >= 11 is 0. The molecule has 1 N–H and O–H groups in total. The Labute approximate surface area is 129 Å². The van der Waals surface area contributed by atoms with E-state index < -0.39 is 0 Å². The van der Waals surface area contributed by atoms with E-state index >= 15 is 0 Å². The van der Waals surface area contributed by atoms with Crippen molar-refractivity contribution in [2.75, 3.05) is 45.8 Å². The zero-order valence-corrected chi connectivity index (χ0v) is 13.3. The molecule has 1 aromatic carbocycles. The smallest absolute Gasteiger partial charge is 0.0449 e. The van der Waals surface area contributed by atoms with E-state index in [1.165, 1.54) is 51.1 Å². The fourth-order valence-electron chi connectivity index (χ4n) is 3.74. The molecule has 0 radical (unpaired) electrons. The van der Waals surface area contributed by atoms with Crippen molar-refractivity contribution in [1.29, 1.82) is 0 Å². The molecule has 2 saturated heterocycles. The molecular formula is C18H29N3. The molecule has 1 unspecified atom stereocenters. The first-order valence-corrected chi connectivity index (χ1v) is 8.58. The van der Waals surface area contributed by atoms with E-state index in [1.54, 1.807) is 0 Å². The summed E-state index contributed by atoms with van der Waals surface area (Å²) < 4.78 is 0. The molecule has 0 aromatic heterocycles. The van der Waals surface area contributed by atoms with Gasteiger partial charge in [0.1, 0.15) is 0 Å². The summed E-state index contributed by atoms with van der Waals surface area (Å²) in [6, 6.07) is 11.4. The molecule has 0 amide bonds. The second-order valence-electron chi connectivity index (χ2n) is 6.55. The van der Waals surface area contributed by atoms with Crippen LogP contribution in [0.2, 0.25) is 0 Å². The average molecular weight is 287 g/mol. The van der Waals surface area contributed by atoms with Crippen LogP contribution in [0.15, 0.2) is 30.3 Å². The van der Waals surface area contributed by atoms with Gasteiger partial charge >= 0.3 is 0 Å². The topological polar surface area (TPSA) is 18.5 Å². The maximum atomic E-state index is 3.67. The van der Waals surface area contributed by atoms with Gasteiger partial charge in [0.05, 0.1) is 0 Å². The van der Waals surface area contributed by atoms with E-state index in [2.05, 4.69) is 52.4 Å². The van der Waals surface area contributed by atoms with Crippen LogP contribution in [0, 0.1) is 5.92 Å². The van der Waals surface area contributed by atoms with E-state index in [-0.39, 0.29) is 0 Å². The van der Waals surface area contributed by atoms with Gasteiger partial charge in [0.2, 0.25) is 0 Å². The van der Waals surface area contributed by atoms with Crippen molar-refractivity contribution in [3.8, 4) is 0 Å². The van der Waals surface area contributed by atoms with Crippen molar-refractivity contribution in [2.45, 2.75) is 25.8 Å². The van der Waals surface area contributed by atoms with Gasteiger partial charge in [0.25, 0.3) is 0 Å². The van der Waals surface area contributed by atoms with Crippen LogP contribution in [0.1, 0.15) is 31.4 Å². The standard InChI is InChI=1S/C18H29N3/c1-2-20-11-8-16(9-12-20)14-21-13-10-19-18(15-21)17-6-4-3-5-7-17/h3-7,16,18-19H,2,8-15H2,1H3. The lowest BCUT2D eigenvalue weighted by atomic mass is 9.95. The molecule has 116 valence electrons. The van der Waals surface area contributed by atoms with Gasteiger partial charge in [0.15, 0.2) is 0 Å². The van der Waals surface area contributed by atoms with Gasteiger partial charge in [-0.3, -0.25) is 4.90 Å². The Bertz CT molecular complexity index is 412. The van der Waals surface area contributed by atoms with Gasteiger partial charge in [-0.2, -0.15) is 0 Å². The maximum Gasteiger partial charge on any atom is 0.0449 e. The number of benzene rings is 1. The summed E-state index contributed by atoms with van der Waals surface area (Å²) in [5.41, 5.74) is 1.43. The fraction of sp³-hybridized carbons (Fsp3) is 0.667. The van der Waals surface area contributed by atoms with Gasteiger partial charge in [-0.05, 0) is 44.0 Å². The number of hydrogen-bond acceptors (Lipinski definition) is 3. The predicted octanol–water partition coefficient (Wildman–Crippen LogP) is 2.36. The number of piperazine rings is 1. The molecule has 1 atom stereocenters. The summed E-state index contributed by atoms with van der Waals surface area (Å²) in [6.07, 6.45) is 2.77. The van der Waals surface area contributed by atoms with Gasteiger partial charge < -0.3 is 10.2 Å². The first-order chi connectivity index (χ1) is 10.3. The highest BCUT2D eigenvalue weighted by Gasteiger charge is 2.25. The van der Waals surface area contributed by atoms with Crippen LogP contribution >= 0.6 is 0 Å². The van der Waals surface area contributed by atoms with E-state index in [0.717, 1.165) is 19.0 Å². The maximum absolute atomic E-state index is 3.67. The van der Waals surface area contributed by atoms with Crippen LogP contribution in [0.5, 0.6) is 0 Å². The minimum Gasteiger partial charge on any atom is -0.308 e. The summed E-state index contributed by atoms with van der Waals surface area (Å²) in [5, 5.41) is 3.67. The van der Waals surface area contributed by atoms with Crippen LogP contribution in [-0.4, -0.2) is 55.6 Å². The molecule has 1 aromatic rings. The lowest BCUT2D eigenvalue weighted by Gasteiger charge is -2.38. The normalized spacial score (nSPS) is 26.0. The average Bonchev–Trinajstić information content (AvgIpc) is 2.57. The molecule has 2 aliphatic rings.